The number of ketones is 1. The van der Waals surface area contributed by atoms with Crippen molar-refractivity contribution in [3.63, 3.8) is 0 Å². The standard InChI is InChI=1S/C34H61NO6SSi/c1-22(2)15-14-16-23(3)29(37)24(4)30(38)32(8,9)27(41-43(12,13)31(5,6)7)20-28(36)35-26-19-25-17-18-34(26,33(25,10)11)21-42(35,39)40/h23-27,29,37H,1,14-21H2,2-13H3/t23-,24+,25+,26+,27-,29-,34+/m0/s1. The summed E-state index contributed by atoms with van der Waals surface area (Å²) in [6.45, 7) is 28.1. The van der Waals surface area contributed by atoms with Crippen LogP contribution in [0.4, 0.5) is 0 Å². The Kier molecular flexibility index (Phi) is 10.1. The maximum absolute atomic E-state index is 14.2. The Morgan fingerprint density at radius 2 is 1.72 bits per heavy atom. The molecule has 7 atom stereocenters. The predicted molar refractivity (Wildman–Crippen MR) is 176 cm³/mol. The minimum atomic E-state index is -3.79. The largest absolute Gasteiger partial charge is 0.412 e. The third-order valence-corrected chi connectivity index (χ3v) is 18.9. The van der Waals surface area contributed by atoms with Crippen LogP contribution in [0.25, 0.3) is 0 Å². The van der Waals surface area contributed by atoms with Gasteiger partial charge in [-0.2, -0.15) is 0 Å². The second kappa shape index (κ2) is 12.0. The first-order chi connectivity index (χ1) is 19.3. The highest BCUT2D eigenvalue weighted by molar-refractivity contribution is 7.90. The van der Waals surface area contributed by atoms with Crippen LogP contribution in [0, 0.1) is 34.0 Å². The Balaban J connectivity index is 1.91. The van der Waals surface area contributed by atoms with Crippen molar-refractivity contribution >= 4 is 30.0 Å². The SMILES string of the molecule is C=C(C)CCC[C@H](C)[C@H](O)[C@@H](C)C(=O)C(C)(C)[C@H](CC(=O)N1[C@@H]2C[C@H]3CC[C@]2(CS1(=O)=O)C3(C)C)O[Si](C)(C)C(C)(C)C. The molecule has 1 N–H and O–H groups in total. The molecule has 0 radical (unpaired) electrons. The van der Waals surface area contributed by atoms with Crippen molar-refractivity contribution in [2.24, 2.45) is 34.0 Å². The van der Waals surface area contributed by atoms with Gasteiger partial charge in [-0.1, -0.05) is 67.9 Å². The van der Waals surface area contributed by atoms with E-state index in [4.69, 9.17) is 4.43 Å². The molecule has 43 heavy (non-hydrogen) atoms. The van der Waals surface area contributed by atoms with E-state index in [-0.39, 0.29) is 40.4 Å². The van der Waals surface area contributed by atoms with E-state index < -0.39 is 53.2 Å². The van der Waals surface area contributed by atoms with Crippen LogP contribution in [-0.2, 0) is 24.0 Å². The number of carbonyl (C=O) groups excluding carboxylic acids is 2. The van der Waals surface area contributed by atoms with Gasteiger partial charge in [-0.3, -0.25) is 9.59 Å². The van der Waals surface area contributed by atoms with E-state index in [9.17, 15) is 23.1 Å². The minimum Gasteiger partial charge on any atom is -0.412 e. The zero-order chi connectivity index (χ0) is 33.1. The Bertz CT molecular complexity index is 1200. The summed E-state index contributed by atoms with van der Waals surface area (Å²) in [7, 11) is -6.28. The lowest BCUT2D eigenvalue weighted by Crippen LogP contribution is -2.54. The van der Waals surface area contributed by atoms with Gasteiger partial charge in [-0.25, -0.2) is 12.7 Å². The Morgan fingerprint density at radius 3 is 2.23 bits per heavy atom. The number of hydrogen-bond acceptors (Lipinski definition) is 6. The number of carbonyl (C=O) groups is 2. The van der Waals surface area contributed by atoms with Crippen molar-refractivity contribution in [2.45, 2.75) is 151 Å². The zero-order valence-corrected chi connectivity index (χ0v) is 31.0. The lowest BCUT2D eigenvalue weighted by atomic mass is 9.69. The van der Waals surface area contributed by atoms with Crippen molar-refractivity contribution in [3.8, 4) is 0 Å². The Labute approximate surface area is 263 Å². The third-order valence-electron chi connectivity index (χ3n) is 12.5. The summed E-state index contributed by atoms with van der Waals surface area (Å²) < 4.78 is 35.4. The van der Waals surface area contributed by atoms with Crippen LogP contribution in [0.15, 0.2) is 12.2 Å². The number of aliphatic hydroxyl groups excluding tert-OH is 1. The topological polar surface area (TPSA) is 101 Å². The summed E-state index contributed by atoms with van der Waals surface area (Å²) in [5, 5.41) is 11.0. The summed E-state index contributed by atoms with van der Waals surface area (Å²) in [5.41, 5.74) is -0.578. The van der Waals surface area contributed by atoms with E-state index in [0.717, 1.165) is 37.7 Å². The van der Waals surface area contributed by atoms with E-state index in [1.54, 1.807) is 20.8 Å². The quantitative estimate of drug-likeness (QED) is 0.170. The summed E-state index contributed by atoms with van der Waals surface area (Å²) >= 11 is 0. The van der Waals surface area contributed by atoms with Gasteiger partial charge in [-0.15, -0.1) is 6.58 Å². The number of sulfonamides is 1. The van der Waals surface area contributed by atoms with Crippen molar-refractivity contribution in [1.82, 2.24) is 4.31 Å². The average Bonchev–Trinajstić information content (AvgIpc) is 3.33. The molecule has 0 aromatic heterocycles. The van der Waals surface area contributed by atoms with Crippen molar-refractivity contribution < 1.29 is 27.5 Å². The van der Waals surface area contributed by atoms with E-state index in [0.29, 0.717) is 12.3 Å². The van der Waals surface area contributed by atoms with E-state index >= 15 is 0 Å². The van der Waals surface area contributed by atoms with Gasteiger partial charge in [0.2, 0.25) is 15.9 Å². The zero-order valence-electron chi connectivity index (χ0n) is 29.2. The second-order valence-electron chi connectivity index (χ2n) is 17.1. The molecule has 1 spiro atoms. The monoisotopic (exact) mass is 639 g/mol. The number of fused-ring (bicyclic) bond motifs is 1. The fraction of sp³-hybridized carbons (Fsp3) is 0.882. The number of aliphatic hydroxyl groups is 1. The van der Waals surface area contributed by atoms with E-state index in [2.05, 4.69) is 54.3 Å². The molecule has 9 heteroatoms. The summed E-state index contributed by atoms with van der Waals surface area (Å²) in [4.78, 5) is 28.4. The molecule has 3 rings (SSSR count). The maximum atomic E-state index is 14.2. The number of allylic oxidation sites excluding steroid dienone is 1. The van der Waals surface area contributed by atoms with Crippen LogP contribution in [-0.4, -0.2) is 61.8 Å². The third kappa shape index (κ3) is 6.48. The van der Waals surface area contributed by atoms with Crippen LogP contribution >= 0.6 is 0 Å². The van der Waals surface area contributed by atoms with Crippen molar-refractivity contribution in [3.05, 3.63) is 12.2 Å². The highest BCUT2D eigenvalue weighted by atomic mass is 32.2. The first kappa shape index (κ1) is 36.4. The fourth-order valence-electron chi connectivity index (χ4n) is 8.13. The summed E-state index contributed by atoms with van der Waals surface area (Å²) in [6.07, 6.45) is 3.26. The fourth-order valence-corrected chi connectivity index (χ4v) is 12.1. The van der Waals surface area contributed by atoms with Gasteiger partial charge in [0.1, 0.15) is 5.78 Å². The first-order valence-corrected chi connectivity index (χ1v) is 20.9. The summed E-state index contributed by atoms with van der Waals surface area (Å²) in [5.74, 6) is -0.951. The lowest BCUT2D eigenvalue weighted by molar-refractivity contribution is -0.143. The normalized spacial score (nSPS) is 29.2. The Morgan fingerprint density at radius 1 is 1.14 bits per heavy atom. The molecule has 248 valence electrons. The molecule has 2 aliphatic carbocycles. The maximum Gasteiger partial charge on any atom is 0.238 e. The molecule has 1 amide bonds. The minimum absolute atomic E-state index is 0.0164. The van der Waals surface area contributed by atoms with Gasteiger partial charge in [0.25, 0.3) is 0 Å². The van der Waals surface area contributed by atoms with Crippen LogP contribution in [0.1, 0.15) is 114 Å². The van der Waals surface area contributed by atoms with Crippen LogP contribution < -0.4 is 0 Å². The molecule has 0 unspecified atom stereocenters. The molecule has 1 heterocycles. The number of amides is 1. The smallest absolute Gasteiger partial charge is 0.238 e. The molecule has 2 bridgehead atoms. The van der Waals surface area contributed by atoms with Crippen LogP contribution in [0.2, 0.25) is 18.1 Å². The predicted octanol–water partition coefficient (Wildman–Crippen LogP) is 7.11. The number of Topliss-reactive ketones (excluding diaryl/α,β-unsaturated/α-hetero) is 1. The lowest BCUT2D eigenvalue weighted by Gasteiger charge is -2.45. The molecule has 3 aliphatic rings. The first-order valence-electron chi connectivity index (χ1n) is 16.4. The molecule has 0 aromatic carbocycles. The van der Waals surface area contributed by atoms with Crippen LogP contribution in [0.5, 0.6) is 0 Å². The van der Waals surface area contributed by atoms with Crippen molar-refractivity contribution in [1.29, 1.82) is 0 Å². The molecular formula is C34H61NO6SSi. The van der Waals surface area contributed by atoms with Gasteiger partial charge in [0.05, 0.1) is 30.4 Å². The average molecular weight is 640 g/mol. The Hall–Kier alpha value is -1.03. The van der Waals surface area contributed by atoms with Gasteiger partial charge in [0.15, 0.2) is 8.32 Å². The van der Waals surface area contributed by atoms with Gasteiger partial charge in [-0.05, 0) is 80.8 Å². The van der Waals surface area contributed by atoms with Crippen LogP contribution in [0.3, 0.4) is 0 Å². The van der Waals surface area contributed by atoms with Gasteiger partial charge >= 0.3 is 0 Å². The molecule has 1 aliphatic heterocycles. The van der Waals surface area contributed by atoms with Crippen molar-refractivity contribution in [2.75, 3.05) is 5.75 Å². The van der Waals surface area contributed by atoms with Gasteiger partial charge < -0.3 is 9.53 Å². The molecule has 7 nitrogen and oxygen atoms in total. The second-order valence-corrected chi connectivity index (χ2v) is 23.7. The number of hydrogen-bond donors (Lipinski definition) is 1. The van der Waals surface area contributed by atoms with E-state index in [1.165, 1.54) is 4.31 Å². The van der Waals surface area contributed by atoms with Gasteiger partial charge in [0, 0.05) is 16.7 Å². The molecule has 3 fully saturated rings. The molecule has 2 saturated carbocycles. The summed E-state index contributed by atoms with van der Waals surface area (Å²) in [6, 6.07) is -0.327. The van der Waals surface area contributed by atoms with E-state index in [1.807, 2.05) is 13.8 Å². The molecule has 0 aromatic rings. The highest BCUT2D eigenvalue weighted by Gasteiger charge is 2.72. The molecule has 1 saturated heterocycles. The molecular weight excluding hydrogens is 579 g/mol. The number of rotatable bonds is 13. The highest BCUT2D eigenvalue weighted by Crippen LogP contribution is 2.70. The number of nitrogens with zero attached hydrogens (tertiary/aromatic N) is 1.